The number of nitrogens with two attached hydrogens (primary N) is 1. The van der Waals surface area contributed by atoms with Crippen LogP contribution in [-0.4, -0.2) is 51.3 Å². The highest BCUT2D eigenvalue weighted by molar-refractivity contribution is 6.77. The fourth-order valence-electron chi connectivity index (χ4n) is 5.17. The van der Waals surface area contributed by atoms with Gasteiger partial charge in [-0.2, -0.15) is 9.97 Å². The molecular weight excluding hydrogens is 422 g/mol. The Bertz CT molecular complexity index is 898. The average Bonchev–Trinajstić information content (AvgIpc) is 3.08. The summed E-state index contributed by atoms with van der Waals surface area (Å²) in [5, 5.41) is 11.1. The van der Waals surface area contributed by atoms with Gasteiger partial charge >= 0.3 is 0 Å². The lowest BCUT2D eigenvalue weighted by atomic mass is 10.1. The molecule has 0 saturated carbocycles. The summed E-state index contributed by atoms with van der Waals surface area (Å²) in [7, 11) is -2.28. The number of anilines is 1. The van der Waals surface area contributed by atoms with E-state index in [2.05, 4.69) is 56.5 Å². The van der Waals surface area contributed by atoms with Crippen molar-refractivity contribution in [2.45, 2.75) is 96.6 Å². The number of aliphatic hydroxyl groups excluding tert-OH is 1. The van der Waals surface area contributed by atoms with Crippen molar-refractivity contribution in [1.82, 2.24) is 19.5 Å². The molecule has 3 heterocycles. The standard InChI is InChI=1S/C20H34ClN5O3Si/c1-9(2)30(10(3)4,11(5)6)29-16-15(27)12(7)28-19(16)26-13(8)23-14-17(22)24-20(21)25-18(14)26/h9-12,15-16,19,27H,1-8H3,(H2,22,24,25)/t12-,15-,16+,19-/m1/s1. The van der Waals surface area contributed by atoms with Gasteiger partial charge < -0.3 is 20.0 Å². The molecule has 1 fully saturated rings. The number of fused-ring (bicyclic) bond motifs is 1. The number of aliphatic hydroxyl groups is 1. The molecule has 0 spiro atoms. The van der Waals surface area contributed by atoms with Gasteiger partial charge in [0.15, 0.2) is 23.2 Å². The second-order valence-corrected chi connectivity index (χ2v) is 14.9. The second-order valence-electron chi connectivity index (χ2n) is 9.20. The van der Waals surface area contributed by atoms with Crippen LogP contribution < -0.4 is 5.73 Å². The van der Waals surface area contributed by atoms with E-state index in [9.17, 15) is 5.11 Å². The van der Waals surface area contributed by atoms with Crippen molar-refractivity contribution in [2.75, 3.05) is 5.73 Å². The lowest BCUT2D eigenvalue weighted by Crippen LogP contribution is -2.53. The van der Waals surface area contributed by atoms with Gasteiger partial charge in [0, 0.05) is 0 Å². The molecule has 0 unspecified atom stereocenters. The summed E-state index contributed by atoms with van der Waals surface area (Å²) in [5.41, 5.74) is 8.08. The molecule has 8 nitrogen and oxygen atoms in total. The first-order valence-corrected chi connectivity index (χ1v) is 13.1. The van der Waals surface area contributed by atoms with Crippen molar-refractivity contribution in [3.05, 3.63) is 11.1 Å². The molecule has 2 aromatic heterocycles. The smallest absolute Gasteiger partial charge is 0.226 e. The van der Waals surface area contributed by atoms with Crippen LogP contribution >= 0.6 is 11.6 Å². The molecule has 1 aliphatic rings. The molecule has 2 aromatic rings. The molecule has 0 aliphatic carbocycles. The fraction of sp³-hybridized carbons (Fsp3) is 0.750. The molecule has 30 heavy (non-hydrogen) atoms. The van der Waals surface area contributed by atoms with Gasteiger partial charge in [0.05, 0.1) is 6.10 Å². The van der Waals surface area contributed by atoms with E-state index in [1.165, 1.54) is 0 Å². The minimum absolute atomic E-state index is 0.0421. The summed E-state index contributed by atoms with van der Waals surface area (Å²) >= 11 is 6.08. The molecule has 1 aliphatic heterocycles. The quantitative estimate of drug-likeness (QED) is 0.496. The predicted molar refractivity (Wildman–Crippen MR) is 121 cm³/mol. The summed E-state index contributed by atoms with van der Waals surface area (Å²) in [5.74, 6) is 0.866. The van der Waals surface area contributed by atoms with Crippen LogP contribution in [0.4, 0.5) is 5.82 Å². The number of rotatable bonds is 6. The van der Waals surface area contributed by atoms with Crippen molar-refractivity contribution in [3.63, 3.8) is 0 Å². The van der Waals surface area contributed by atoms with E-state index in [0.29, 0.717) is 33.6 Å². The first kappa shape index (κ1) is 23.4. The summed E-state index contributed by atoms with van der Waals surface area (Å²) in [4.78, 5) is 12.9. The van der Waals surface area contributed by atoms with Crippen LogP contribution in [0.3, 0.4) is 0 Å². The van der Waals surface area contributed by atoms with Gasteiger partial charge in [-0.3, -0.25) is 4.57 Å². The SMILES string of the molecule is Cc1nc2c(N)nc(Cl)nc2n1[C@@H]1O[C@H](C)[C@@H](O)[C@@H]1O[Si](C(C)C)(C(C)C)C(C)C. The Labute approximate surface area is 184 Å². The number of hydrogen-bond acceptors (Lipinski definition) is 7. The normalized spacial score (nSPS) is 25.4. The van der Waals surface area contributed by atoms with E-state index >= 15 is 0 Å². The number of aryl methyl sites for hydroxylation is 1. The summed E-state index contributed by atoms with van der Waals surface area (Å²) in [6.07, 6.45) is -2.31. The molecule has 1 saturated heterocycles. The number of imidazole rings is 1. The van der Waals surface area contributed by atoms with E-state index in [1.807, 2.05) is 18.4 Å². The molecule has 4 atom stereocenters. The second kappa shape index (κ2) is 8.35. The fourth-order valence-corrected chi connectivity index (χ4v) is 10.9. The van der Waals surface area contributed by atoms with Gasteiger partial charge in [-0.1, -0.05) is 41.5 Å². The van der Waals surface area contributed by atoms with Gasteiger partial charge in [0.2, 0.25) is 13.6 Å². The molecule has 3 rings (SSSR count). The third-order valence-electron chi connectivity index (χ3n) is 6.47. The number of ether oxygens (including phenoxy) is 1. The molecule has 3 N–H and O–H groups in total. The monoisotopic (exact) mass is 455 g/mol. The third-order valence-corrected chi connectivity index (χ3v) is 12.7. The number of nitrogens with zero attached hydrogens (tertiary/aromatic N) is 4. The van der Waals surface area contributed by atoms with Crippen LogP contribution in [0, 0.1) is 6.92 Å². The first-order valence-electron chi connectivity index (χ1n) is 10.6. The third kappa shape index (κ3) is 3.64. The van der Waals surface area contributed by atoms with Crippen LogP contribution in [0.5, 0.6) is 0 Å². The van der Waals surface area contributed by atoms with Gasteiger partial charge in [0.1, 0.15) is 18.0 Å². The highest BCUT2D eigenvalue weighted by Gasteiger charge is 2.53. The van der Waals surface area contributed by atoms with Crippen molar-refractivity contribution in [3.8, 4) is 0 Å². The highest BCUT2D eigenvalue weighted by Crippen LogP contribution is 2.46. The van der Waals surface area contributed by atoms with Crippen LogP contribution in [0.15, 0.2) is 0 Å². The van der Waals surface area contributed by atoms with E-state index in [0.717, 1.165) is 0 Å². The minimum Gasteiger partial charge on any atom is -0.406 e. The van der Waals surface area contributed by atoms with Gasteiger partial charge in [-0.25, -0.2) is 4.98 Å². The van der Waals surface area contributed by atoms with Crippen LogP contribution in [0.25, 0.3) is 11.2 Å². The van der Waals surface area contributed by atoms with Gasteiger partial charge in [-0.05, 0) is 42.1 Å². The van der Waals surface area contributed by atoms with Gasteiger partial charge in [0.25, 0.3) is 0 Å². The van der Waals surface area contributed by atoms with Crippen LogP contribution in [0.1, 0.15) is 60.5 Å². The Hall–Kier alpha value is -1.26. The maximum absolute atomic E-state index is 11.1. The zero-order chi connectivity index (χ0) is 22.5. The Balaban J connectivity index is 2.14. The summed E-state index contributed by atoms with van der Waals surface area (Å²) in [6, 6.07) is 0. The minimum atomic E-state index is -2.28. The first-order chi connectivity index (χ1) is 13.9. The molecule has 0 amide bonds. The number of hydrogen-bond donors (Lipinski definition) is 2. The zero-order valence-corrected chi connectivity index (χ0v) is 20.8. The number of halogens is 1. The van der Waals surface area contributed by atoms with Crippen LogP contribution in [0.2, 0.25) is 21.9 Å². The Morgan fingerprint density at radius 2 is 1.67 bits per heavy atom. The largest absolute Gasteiger partial charge is 0.406 e. The van der Waals surface area contributed by atoms with Crippen molar-refractivity contribution in [1.29, 1.82) is 0 Å². The van der Waals surface area contributed by atoms with E-state index in [1.54, 1.807) is 0 Å². The molecule has 0 aromatic carbocycles. The van der Waals surface area contributed by atoms with E-state index in [-0.39, 0.29) is 11.1 Å². The molecule has 168 valence electrons. The maximum atomic E-state index is 11.1. The lowest BCUT2D eigenvalue weighted by molar-refractivity contribution is -0.0280. The molecule has 0 radical (unpaired) electrons. The Morgan fingerprint density at radius 3 is 2.20 bits per heavy atom. The molecule has 0 bridgehead atoms. The Morgan fingerprint density at radius 1 is 1.10 bits per heavy atom. The maximum Gasteiger partial charge on any atom is 0.226 e. The van der Waals surface area contributed by atoms with Crippen molar-refractivity contribution in [2.24, 2.45) is 0 Å². The van der Waals surface area contributed by atoms with E-state index < -0.39 is 32.9 Å². The average molecular weight is 456 g/mol. The molecule has 10 heteroatoms. The van der Waals surface area contributed by atoms with Crippen molar-refractivity contribution < 1.29 is 14.3 Å². The zero-order valence-electron chi connectivity index (χ0n) is 19.0. The number of nitrogen functional groups attached to an aromatic ring is 1. The summed E-state index contributed by atoms with van der Waals surface area (Å²) in [6.45, 7) is 17.0. The highest BCUT2D eigenvalue weighted by atomic mass is 35.5. The van der Waals surface area contributed by atoms with E-state index in [4.69, 9.17) is 26.5 Å². The lowest BCUT2D eigenvalue weighted by Gasteiger charge is -2.45. The molecular formula is C20H34ClN5O3Si. The van der Waals surface area contributed by atoms with Crippen LogP contribution in [-0.2, 0) is 9.16 Å². The topological polar surface area (TPSA) is 108 Å². The number of aromatic nitrogens is 4. The van der Waals surface area contributed by atoms with Crippen molar-refractivity contribution >= 4 is 36.9 Å². The van der Waals surface area contributed by atoms with Gasteiger partial charge in [-0.15, -0.1) is 0 Å². The Kier molecular flexibility index (Phi) is 6.51. The predicted octanol–water partition coefficient (Wildman–Crippen LogP) is 4.21. The summed E-state index contributed by atoms with van der Waals surface area (Å²) < 4.78 is 15.0.